The first-order valence-electron chi connectivity index (χ1n) is 8.49. The molecule has 0 aliphatic rings. The van der Waals surface area contributed by atoms with E-state index in [4.69, 9.17) is 0 Å². The maximum atomic E-state index is 12.9. The molecule has 0 bridgehead atoms. The van der Waals surface area contributed by atoms with E-state index >= 15 is 0 Å². The summed E-state index contributed by atoms with van der Waals surface area (Å²) < 4.78 is 15.0. The highest BCUT2D eigenvalue weighted by Gasteiger charge is 2.14. The number of imidazole rings is 1. The Morgan fingerprint density at radius 1 is 1.18 bits per heavy atom. The average molecular weight is 414 g/mol. The van der Waals surface area contributed by atoms with E-state index in [0.29, 0.717) is 17.3 Å². The van der Waals surface area contributed by atoms with Crippen LogP contribution in [-0.2, 0) is 19.3 Å². The number of nitrogens with one attached hydrogen (secondary N) is 1. The third-order valence-electron chi connectivity index (χ3n) is 4.10. The fourth-order valence-corrected chi connectivity index (χ4v) is 4.37. The van der Waals surface area contributed by atoms with Gasteiger partial charge in [0, 0.05) is 13.6 Å². The van der Waals surface area contributed by atoms with Gasteiger partial charge in [0.15, 0.2) is 5.16 Å². The van der Waals surface area contributed by atoms with E-state index in [1.54, 1.807) is 23.9 Å². The number of benzene rings is 2. The van der Waals surface area contributed by atoms with Crippen molar-refractivity contribution in [1.82, 2.24) is 25.1 Å². The Morgan fingerprint density at radius 3 is 2.75 bits per heavy atom. The summed E-state index contributed by atoms with van der Waals surface area (Å²) in [5.74, 6) is -0.0113. The maximum Gasteiger partial charge on any atom is 0.282 e. The molecule has 2 aromatic carbocycles. The van der Waals surface area contributed by atoms with Crippen LogP contribution >= 0.6 is 23.1 Å². The number of hydrogen-bond donors (Lipinski definition) is 1. The van der Waals surface area contributed by atoms with Crippen molar-refractivity contribution in [2.45, 2.75) is 17.5 Å². The summed E-state index contributed by atoms with van der Waals surface area (Å²) in [5, 5.41) is 12.8. The third kappa shape index (κ3) is 4.05. The number of carbonyl (C=O) groups is 1. The van der Waals surface area contributed by atoms with E-state index in [1.165, 1.54) is 23.5 Å². The highest BCUT2D eigenvalue weighted by atomic mass is 32.2. The van der Waals surface area contributed by atoms with E-state index in [9.17, 15) is 9.18 Å². The van der Waals surface area contributed by atoms with Crippen molar-refractivity contribution >= 4 is 40.0 Å². The van der Waals surface area contributed by atoms with E-state index in [2.05, 4.69) is 20.5 Å². The van der Waals surface area contributed by atoms with Crippen LogP contribution in [0.3, 0.4) is 0 Å². The molecule has 0 fully saturated rings. The Hall–Kier alpha value is -2.78. The van der Waals surface area contributed by atoms with Crippen molar-refractivity contribution in [2.75, 3.05) is 0 Å². The molecule has 142 valence electrons. The van der Waals surface area contributed by atoms with Crippen molar-refractivity contribution < 1.29 is 9.18 Å². The Kier molecular flexibility index (Phi) is 5.36. The molecule has 4 aromatic rings. The number of carbonyl (C=O) groups excluding carboxylic acids is 1. The molecule has 0 spiro atoms. The van der Waals surface area contributed by atoms with Gasteiger partial charge in [0.2, 0.25) is 5.01 Å². The Balaban J connectivity index is 1.36. The Bertz CT molecular complexity index is 1120. The van der Waals surface area contributed by atoms with Gasteiger partial charge in [-0.05, 0) is 29.8 Å². The Morgan fingerprint density at radius 2 is 1.96 bits per heavy atom. The molecule has 2 heterocycles. The molecular weight excluding hydrogens is 397 g/mol. The molecule has 0 atom stereocenters. The zero-order valence-electron chi connectivity index (χ0n) is 14.9. The molecule has 2 aromatic heterocycles. The lowest BCUT2D eigenvalue weighted by Gasteiger charge is -2.02. The summed E-state index contributed by atoms with van der Waals surface area (Å²) in [6.45, 7) is 0.308. The number of fused-ring (bicyclic) bond motifs is 1. The fraction of sp³-hybridized carbons (Fsp3) is 0.158. The van der Waals surface area contributed by atoms with Crippen molar-refractivity contribution in [3.8, 4) is 0 Å². The lowest BCUT2D eigenvalue weighted by molar-refractivity contribution is 0.0950. The first-order valence-corrected chi connectivity index (χ1v) is 10.3. The van der Waals surface area contributed by atoms with Crippen LogP contribution in [0.15, 0.2) is 53.7 Å². The second-order valence-corrected chi connectivity index (χ2v) is 8.05. The molecule has 1 amide bonds. The minimum absolute atomic E-state index is 0.291. The molecule has 4 rings (SSSR count). The standard InChI is InChI=1S/C19H16FN5OS2/c1-25-15-5-3-2-4-14(15)22-19(25)27-11-16-23-24-18(28-16)17(26)21-10-12-6-8-13(20)9-7-12/h2-9H,10-11H2,1H3,(H,21,26). The van der Waals surface area contributed by atoms with Crippen molar-refractivity contribution in [3.63, 3.8) is 0 Å². The molecule has 0 aliphatic carbocycles. The molecule has 0 saturated heterocycles. The van der Waals surface area contributed by atoms with Crippen LogP contribution in [0.4, 0.5) is 4.39 Å². The van der Waals surface area contributed by atoms with Crippen LogP contribution in [0.2, 0.25) is 0 Å². The molecule has 28 heavy (non-hydrogen) atoms. The number of aromatic nitrogens is 4. The number of hydrogen-bond acceptors (Lipinski definition) is 6. The predicted molar refractivity (Wildman–Crippen MR) is 108 cm³/mol. The number of para-hydroxylation sites is 2. The van der Waals surface area contributed by atoms with Crippen LogP contribution in [0.5, 0.6) is 0 Å². The normalized spacial score (nSPS) is 11.1. The summed E-state index contributed by atoms with van der Waals surface area (Å²) in [6.07, 6.45) is 0. The first kappa shape index (κ1) is 18.6. The summed E-state index contributed by atoms with van der Waals surface area (Å²) >= 11 is 2.81. The molecule has 0 unspecified atom stereocenters. The third-order valence-corrected chi connectivity index (χ3v) is 6.24. The van der Waals surface area contributed by atoms with Gasteiger partial charge in [-0.2, -0.15) is 0 Å². The van der Waals surface area contributed by atoms with E-state index in [-0.39, 0.29) is 11.7 Å². The Labute approximate surface area is 168 Å². The lowest BCUT2D eigenvalue weighted by atomic mass is 10.2. The lowest BCUT2D eigenvalue weighted by Crippen LogP contribution is -2.22. The van der Waals surface area contributed by atoms with Crippen LogP contribution in [0.1, 0.15) is 20.4 Å². The van der Waals surface area contributed by atoms with Gasteiger partial charge in [-0.1, -0.05) is 47.4 Å². The zero-order chi connectivity index (χ0) is 19.5. The minimum atomic E-state index is -0.304. The SMILES string of the molecule is Cn1c(SCc2nnc(C(=O)NCc3ccc(F)cc3)s2)nc2ccccc21. The van der Waals surface area contributed by atoms with Gasteiger partial charge in [0.1, 0.15) is 10.8 Å². The molecule has 1 N–H and O–H groups in total. The average Bonchev–Trinajstić information content (AvgIpc) is 3.31. The number of amides is 1. The monoisotopic (exact) mass is 413 g/mol. The van der Waals surface area contributed by atoms with Crippen LogP contribution < -0.4 is 5.32 Å². The smallest absolute Gasteiger partial charge is 0.282 e. The summed E-state index contributed by atoms with van der Waals surface area (Å²) in [5.41, 5.74) is 2.84. The van der Waals surface area contributed by atoms with Crippen molar-refractivity contribution in [1.29, 1.82) is 0 Å². The summed E-state index contributed by atoms with van der Waals surface area (Å²) in [6, 6.07) is 14.0. The highest BCUT2D eigenvalue weighted by molar-refractivity contribution is 7.98. The number of aryl methyl sites for hydroxylation is 1. The van der Waals surface area contributed by atoms with Gasteiger partial charge >= 0.3 is 0 Å². The topological polar surface area (TPSA) is 72.7 Å². The molecule has 0 aliphatic heterocycles. The summed E-state index contributed by atoms with van der Waals surface area (Å²) in [7, 11) is 1.98. The van der Waals surface area contributed by atoms with Gasteiger partial charge in [0.05, 0.1) is 16.8 Å². The second-order valence-electron chi connectivity index (χ2n) is 6.04. The van der Waals surface area contributed by atoms with Crippen molar-refractivity contribution in [3.05, 3.63) is 69.9 Å². The zero-order valence-corrected chi connectivity index (χ0v) is 16.6. The predicted octanol–water partition coefficient (Wildman–Crippen LogP) is 3.79. The highest BCUT2D eigenvalue weighted by Crippen LogP contribution is 2.26. The second kappa shape index (κ2) is 8.07. The van der Waals surface area contributed by atoms with E-state index in [1.807, 2.05) is 35.9 Å². The van der Waals surface area contributed by atoms with Gasteiger partial charge in [-0.15, -0.1) is 10.2 Å². The van der Waals surface area contributed by atoms with Gasteiger partial charge in [0.25, 0.3) is 5.91 Å². The van der Waals surface area contributed by atoms with E-state index in [0.717, 1.165) is 26.8 Å². The number of rotatable bonds is 6. The number of halogens is 1. The molecule has 9 heteroatoms. The molecule has 6 nitrogen and oxygen atoms in total. The molecule has 0 radical (unpaired) electrons. The quantitative estimate of drug-likeness (QED) is 0.487. The largest absolute Gasteiger partial charge is 0.346 e. The van der Waals surface area contributed by atoms with Crippen molar-refractivity contribution in [2.24, 2.45) is 7.05 Å². The van der Waals surface area contributed by atoms with Gasteiger partial charge in [-0.3, -0.25) is 4.79 Å². The fourth-order valence-electron chi connectivity index (χ4n) is 2.64. The number of thioether (sulfide) groups is 1. The maximum absolute atomic E-state index is 12.9. The van der Waals surface area contributed by atoms with Crippen LogP contribution in [0.25, 0.3) is 11.0 Å². The van der Waals surface area contributed by atoms with Gasteiger partial charge in [-0.25, -0.2) is 9.37 Å². The minimum Gasteiger partial charge on any atom is -0.346 e. The van der Waals surface area contributed by atoms with Crippen LogP contribution in [0, 0.1) is 5.82 Å². The van der Waals surface area contributed by atoms with Gasteiger partial charge < -0.3 is 9.88 Å². The molecule has 0 saturated carbocycles. The molecular formula is C19H16FN5OS2. The first-order chi connectivity index (χ1) is 13.6. The van der Waals surface area contributed by atoms with E-state index < -0.39 is 0 Å². The van der Waals surface area contributed by atoms with Crippen LogP contribution in [-0.4, -0.2) is 25.7 Å². The number of nitrogens with zero attached hydrogens (tertiary/aromatic N) is 4. The summed E-state index contributed by atoms with van der Waals surface area (Å²) in [4.78, 5) is 16.9.